The van der Waals surface area contributed by atoms with Gasteiger partial charge < -0.3 is 5.73 Å². The summed E-state index contributed by atoms with van der Waals surface area (Å²) < 4.78 is 14.2. The number of fused-ring (bicyclic) bond motifs is 1. The first-order valence-electron chi connectivity index (χ1n) is 5.57. The molecule has 0 atom stereocenters. The number of benzene rings is 2. The fourth-order valence-corrected chi connectivity index (χ4v) is 3.02. The van der Waals surface area contributed by atoms with Gasteiger partial charge >= 0.3 is 0 Å². The van der Waals surface area contributed by atoms with Gasteiger partial charge in [-0.3, -0.25) is 0 Å². The van der Waals surface area contributed by atoms with Crippen LogP contribution in [-0.4, -0.2) is 4.98 Å². The molecule has 0 aliphatic carbocycles. The van der Waals surface area contributed by atoms with Gasteiger partial charge in [0.2, 0.25) is 0 Å². The van der Waals surface area contributed by atoms with E-state index >= 15 is 0 Å². The van der Waals surface area contributed by atoms with E-state index in [4.69, 9.17) is 5.73 Å². The highest BCUT2D eigenvalue weighted by molar-refractivity contribution is 7.21. The Bertz CT molecular complexity index is 734. The van der Waals surface area contributed by atoms with Gasteiger partial charge in [0.1, 0.15) is 10.8 Å². The number of nitrogen functional groups attached to an aromatic ring is 1. The SMILES string of the molecule is Cc1cccc2sc(-c3ccc(F)cc3N)nc12. The molecule has 0 radical (unpaired) electrons. The summed E-state index contributed by atoms with van der Waals surface area (Å²) >= 11 is 1.57. The molecule has 0 aliphatic heterocycles. The van der Waals surface area contributed by atoms with E-state index in [0.717, 1.165) is 26.4 Å². The number of nitrogens with zero attached hydrogens (tertiary/aromatic N) is 1. The van der Waals surface area contributed by atoms with Crippen LogP contribution in [0.3, 0.4) is 0 Å². The van der Waals surface area contributed by atoms with Crippen LogP contribution in [0.25, 0.3) is 20.8 Å². The van der Waals surface area contributed by atoms with Gasteiger partial charge in [-0.05, 0) is 36.8 Å². The number of rotatable bonds is 1. The van der Waals surface area contributed by atoms with Crippen LogP contribution in [0, 0.1) is 12.7 Å². The van der Waals surface area contributed by atoms with Gasteiger partial charge in [0, 0.05) is 11.3 Å². The topological polar surface area (TPSA) is 38.9 Å². The molecule has 90 valence electrons. The first kappa shape index (κ1) is 11.2. The lowest BCUT2D eigenvalue weighted by molar-refractivity contribution is 0.628. The molecule has 2 N–H and O–H groups in total. The molecule has 1 aromatic heterocycles. The van der Waals surface area contributed by atoms with Crippen molar-refractivity contribution in [1.29, 1.82) is 0 Å². The maximum absolute atomic E-state index is 13.0. The molecule has 0 bridgehead atoms. The Kier molecular flexibility index (Phi) is 2.52. The molecule has 0 amide bonds. The van der Waals surface area contributed by atoms with Gasteiger partial charge in [-0.25, -0.2) is 9.37 Å². The maximum Gasteiger partial charge on any atom is 0.126 e. The normalized spacial score (nSPS) is 11.0. The first-order valence-corrected chi connectivity index (χ1v) is 6.38. The second-order valence-corrected chi connectivity index (χ2v) is 5.20. The van der Waals surface area contributed by atoms with Crippen LogP contribution >= 0.6 is 11.3 Å². The minimum Gasteiger partial charge on any atom is -0.398 e. The summed E-state index contributed by atoms with van der Waals surface area (Å²) in [5.74, 6) is -0.325. The zero-order chi connectivity index (χ0) is 12.7. The molecule has 0 saturated carbocycles. The summed E-state index contributed by atoms with van der Waals surface area (Å²) in [5, 5.41) is 0.830. The molecule has 3 rings (SSSR count). The highest BCUT2D eigenvalue weighted by Gasteiger charge is 2.10. The molecule has 0 aliphatic rings. The number of halogens is 1. The lowest BCUT2D eigenvalue weighted by atomic mass is 10.2. The maximum atomic E-state index is 13.0. The zero-order valence-electron chi connectivity index (χ0n) is 9.77. The van der Waals surface area contributed by atoms with Crippen molar-refractivity contribution in [3.8, 4) is 10.6 Å². The lowest BCUT2D eigenvalue weighted by Crippen LogP contribution is -1.90. The average Bonchev–Trinajstić information content (AvgIpc) is 2.74. The van der Waals surface area contributed by atoms with Crippen molar-refractivity contribution in [2.75, 3.05) is 5.73 Å². The summed E-state index contributed by atoms with van der Waals surface area (Å²) in [6.07, 6.45) is 0. The van der Waals surface area contributed by atoms with Crippen LogP contribution in [0.4, 0.5) is 10.1 Å². The summed E-state index contributed by atoms with van der Waals surface area (Å²) in [6, 6.07) is 10.5. The fourth-order valence-electron chi connectivity index (χ4n) is 1.93. The molecular formula is C14H11FN2S. The average molecular weight is 258 g/mol. The van der Waals surface area contributed by atoms with Crippen LogP contribution in [0.15, 0.2) is 36.4 Å². The van der Waals surface area contributed by atoms with Crippen LogP contribution < -0.4 is 5.73 Å². The number of aromatic nitrogens is 1. The molecule has 0 fully saturated rings. The van der Waals surface area contributed by atoms with Crippen molar-refractivity contribution in [2.45, 2.75) is 6.92 Å². The van der Waals surface area contributed by atoms with Gasteiger partial charge in [0.05, 0.1) is 10.2 Å². The van der Waals surface area contributed by atoms with E-state index in [1.807, 2.05) is 25.1 Å². The van der Waals surface area contributed by atoms with E-state index in [2.05, 4.69) is 4.98 Å². The van der Waals surface area contributed by atoms with E-state index in [1.165, 1.54) is 12.1 Å². The standard InChI is InChI=1S/C14H11FN2S/c1-8-3-2-4-12-13(8)17-14(18-12)10-6-5-9(15)7-11(10)16/h2-7H,16H2,1H3. The summed E-state index contributed by atoms with van der Waals surface area (Å²) in [5.41, 5.74) is 9.17. The van der Waals surface area contributed by atoms with Crippen molar-refractivity contribution >= 4 is 27.2 Å². The number of aryl methyl sites for hydroxylation is 1. The van der Waals surface area contributed by atoms with Crippen molar-refractivity contribution in [3.05, 3.63) is 47.8 Å². The largest absolute Gasteiger partial charge is 0.398 e. The Morgan fingerprint density at radius 3 is 2.78 bits per heavy atom. The fraction of sp³-hybridized carbons (Fsp3) is 0.0714. The van der Waals surface area contributed by atoms with Crippen LogP contribution in [-0.2, 0) is 0 Å². The third kappa shape index (κ3) is 1.75. The molecule has 2 aromatic carbocycles. The number of hydrogen-bond acceptors (Lipinski definition) is 3. The van der Waals surface area contributed by atoms with Gasteiger partial charge in [-0.2, -0.15) is 0 Å². The minimum atomic E-state index is -0.325. The number of nitrogens with two attached hydrogens (primary N) is 1. The smallest absolute Gasteiger partial charge is 0.126 e. The minimum absolute atomic E-state index is 0.325. The van der Waals surface area contributed by atoms with Gasteiger partial charge in [-0.15, -0.1) is 11.3 Å². The monoisotopic (exact) mass is 258 g/mol. The molecule has 0 unspecified atom stereocenters. The molecule has 4 heteroatoms. The zero-order valence-corrected chi connectivity index (χ0v) is 10.6. The Morgan fingerprint density at radius 1 is 1.22 bits per heavy atom. The van der Waals surface area contributed by atoms with E-state index in [0.29, 0.717) is 5.69 Å². The molecule has 0 spiro atoms. The van der Waals surface area contributed by atoms with E-state index in [1.54, 1.807) is 17.4 Å². The van der Waals surface area contributed by atoms with Gasteiger partial charge in [0.15, 0.2) is 0 Å². The highest BCUT2D eigenvalue weighted by Crippen LogP contribution is 2.34. The van der Waals surface area contributed by atoms with Crippen LogP contribution in [0.2, 0.25) is 0 Å². The second kappa shape index (κ2) is 4.07. The van der Waals surface area contributed by atoms with Crippen LogP contribution in [0.1, 0.15) is 5.56 Å². The lowest BCUT2D eigenvalue weighted by Gasteiger charge is -2.01. The number of thiazole rings is 1. The molecule has 3 aromatic rings. The van der Waals surface area contributed by atoms with Crippen molar-refractivity contribution in [1.82, 2.24) is 4.98 Å². The van der Waals surface area contributed by atoms with E-state index < -0.39 is 0 Å². The summed E-state index contributed by atoms with van der Waals surface area (Å²) in [7, 11) is 0. The molecule has 1 heterocycles. The molecule has 18 heavy (non-hydrogen) atoms. The van der Waals surface area contributed by atoms with E-state index in [9.17, 15) is 4.39 Å². The number of anilines is 1. The second-order valence-electron chi connectivity index (χ2n) is 4.17. The Morgan fingerprint density at radius 2 is 2.06 bits per heavy atom. The molecule has 2 nitrogen and oxygen atoms in total. The third-order valence-corrected chi connectivity index (χ3v) is 3.92. The van der Waals surface area contributed by atoms with Gasteiger partial charge in [-0.1, -0.05) is 12.1 Å². The summed E-state index contributed by atoms with van der Waals surface area (Å²) in [6.45, 7) is 2.03. The van der Waals surface area contributed by atoms with Crippen LogP contribution in [0.5, 0.6) is 0 Å². The Hall–Kier alpha value is -1.94. The molecule has 0 saturated heterocycles. The Balaban J connectivity index is 2.23. The van der Waals surface area contributed by atoms with Gasteiger partial charge in [0.25, 0.3) is 0 Å². The number of para-hydroxylation sites is 1. The van der Waals surface area contributed by atoms with Crippen molar-refractivity contribution in [2.24, 2.45) is 0 Å². The Labute approximate surface area is 108 Å². The third-order valence-electron chi connectivity index (χ3n) is 2.86. The van der Waals surface area contributed by atoms with Crippen molar-refractivity contribution < 1.29 is 4.39 Å². The quantitative estimate of drug-likeness (QED) is 0.670. The predicted octanol–water partition coefficient (Wildman–Crippen LogP) is 3.99. The first-order chi connectivity index (χ1) is 8.65. The van der Waals surface area contributed by atoms with Crippen molar-refractivity contribution in [3.63, 3.8) is 0 Å². The number of hydrogen-bond donors (Lipinski definition) is 1. The van der Waals surface area contributed by atoms with E-state index in [-0.39, 0.29) is 5.82 Å². The summed E-state index contributed by atoms with van der Waals surface area (Å²) in [4.78, 5) is 4.59. The molecular weight excluding hydrogens is 247 g/mol. The predicted molar refractivity (Wildman–Crippen MR) is 74.2 cm³/mol. The highest BCUT2D eigenvalue weighted by atomic mass is 32.1.